The van der Waals surface area contributed by atoms with Gasteiger partial charge in [-0.25, -0.2) is 13.1 Å². The standard InChI is InChI=1S/C12H15N3O4S/c1-9-14-12(19-15-9)6-7-13-20(17,18)11-5-3-2-4-10(11)8-16/h2-5,13,16H,6-8H2,1H3. The molecule has 0 bridgehead atoms. The molecule has 0 atom stereocenters. The van der Waals surface area contributed by atoms with Gasteiger partial charge in [0.25, 0.3) is 0 Å². The highest BCUT2D eigenvalue weighted by Gasteiger charge is 2.17. The van der Waals surface area contributed by atoms with Crippen LogP contribution >= 0.6 is 0 Å². The molecule has 1 aromatic heterocycles. The molecule has 1 heterocycles. The number of hydrogen-bond acceptors (Lipinski definition) is 6. The first-order chi connectivity index (χ1) is 9.53. The Morgan fingerprint density at radius 2 is 2.10 bits per heavy atom. The number of aliphatic hydroxyl groups is 1. The molecular formula is C12H15N3O4S. The van der Waals surface area contributed by atoms with Gasteiger partial charge in [0.2, 0.25) is 15.9 Å². The Bertz CT molecular complexity index is 682. The van der Waals surface area contributed by atoms with Crippen LogP contribution in [-0.2, 0) is 23.1 Å². The molecule has 7 nitrogen and oxygen atoms in total. The van der Waals surface area contributed by atoms with Crippen LogP contribution in [0.1, 0.15) is 17.3 Å². The highest BCUT2D eigenvalue weighted by Crippen LogP contribution is 2.14. The summed E-state index contributed by atoms with van der Waals surface area (Å²) in [5, 5.41) is 12.8. The molecule has 20 heavy (non-hydrogen) atoms. The van der Waals surface area contributed by atoms with Gasteiger partial charge in [-0.15, -0.1) is 0 Å². The molecule has 0 unspecified atom stereocenters. The third-order valence-electron chi connectivity index (χ3n) is 2.63. The van der Waals surface area contributed by atoms with E-state index in [1.54, 1.807) is 25.1 Å². The molecule has 0 amide bonds. The predicted molar refractivity (Wildman–Crippen MR) is 70.3 cm³/mol. The van der Waals surface area contributed by atoms with Crippen LogP contribution in [-0.4, -0.2) is 30.2 Å². The SMILES string of the molecule is Cc1noc(CCNS(=O)(=O)c2ccccc2CO)n1. The second-order valence-electron chi connectivity index (χ2n) is 4.15. The van der Waals surface area contributed by atoms with Crippen LogP contribution < -0.4 is 4.72 Å². The Balaban J connectivity index is 2.04. The molecule has 0 radical (unpaired) electrons. The number of hydrogen-bond donors (Lipinski definition) is 2. The fourth-order valence-corrected chi connectivity index (χ4v) is 2.97. The smallest absolute Gasteiger partial charge is 0.240 e. The summed E-state index contributed by atoms with van der Waals surface area (Å²) in [5.41, 5.74) is 0.355. The summed E-state index contributed by atoms with van der Waals surface area (Å²) in [6.07, 6.45) is 0.307. The van der Waals surface area contributed by atoms with Gasteiger partial charge in [0, 0.05) is 13.0 Å². The van der Waals surface area contributed by atoms with Crippen molar-refractivity contribution in [1.29, 1.82) is 0 Å². The fourth-order valence-electron chi connectivity index (χ4n) is 1.71. The zero-order valence-corrected chi connectivity index (χ0v) is 11.7. The molecule has 0 fully saturated rings. The molecule has 0 aliphatic carbocycles. The normalized spacial score (nSPS) is 11.7. The number of benzene rings is 1. The van der Waals surface area contributed by atoms with Crippen LogP contribution in [0, 0.1) is 6.92 Å². The Morgan fingerprint density at radius 1 is 1.35 bits per heavy atom. The maximum atomic E-state index is 12.1. The lowest BCUT2D eigenvalue weighted by Gasteiger charge is -2.09. The third-order valence-corrected chi connectivity index (χ3v) is 4.19. The quantitative estimate of drug-likeness (QED) is 0.799. The van der Waals surface area contributed by atoms with E-state index in [2.05, 4.69) is 14.9 Å². The summed E-state index contributed by atoms with van der Waals surface area (Å²) in [4.78, 5) is 4.06. The van der Waals surface area contributed by atoms with Crippen molar-refractivity contribution in [3.8, 4) is 0 Å². The monoisotopic (exact) mass is 297 g/mol. The highest BCUT2D eigenvalue weighted by atomic mass is 32.2. The van der Waals surface area contributed by atoms with Crippen LogP contribution in [0.3, 0.4) is 0 Å². The molecule has 0 saturated carbocycles. The van der Waals surface area contributed by atoms with Crippen molar-refractivity contribution in [2.45, 2.75) is 24.8 Å². The summed E-state index contributed by atoms with van der Waals surface area (Å²) in [6.45, 7) is 1.50. The van der Waals surface area contributed by atoms with Gasteiger partial charge in [-0.05, 0) is 18.6 Å². The molecule has 108 valence electrons. The van der Waals surface area contributed by atoms with Gasteiger partial charge < -0.3 is 9.63 Å². The Kier molecular flexibility index (Phi) is 4.48. The molecule has 2 aromatic rings. The van der Waals surface area contributed by atoms with E-state index in [1.165, 1.54) is 6.07 Å². The summed E-state index contributed by atoms with van der Waals surface area (Å²) in [7, 11) is -3.67. The van der Waals surface area contributed by atoms with E-state index >= 15 is 0 Å². The molecular weight excluding hydrogens is 282 g/mol. The van der Waals surface area contributed by atoms with Crippen molar-refractivity contribution in [3.05, 3.63) is 41.5 Å². The van der Waals surface area contributed by atoms with E-state index in [-0.39, 0.29) is 18.0 Å². The molecule has 0 saturated heterocycles. The van der Waals surface area contributed by atoms with Crippen molar-refractivity contribution in [2.24, 2.45) is 0 Å². The first-order valence-electron chi connectivity index (χ1n) is 6.00. The number of rotatable bonds is 6. The van der Waals surface area contributed by atoms with Crippen LogP contribution in [0.4, 0.5) is 0 Å². The molecule has 0 aliphatic rings. The van der Waals surface area contributed by atoms with Crippen LogP contribution in [0.5, 0.6) is 0 Å². The maximum Gasteiger partial charge on any atom is 0.240 e. The number of nitrogens with one attached hydrogen (secondary N) is 1. The first kappa shape index (κ1) is 14.6. The minimum atomic E-state index is -3.67. The molecule has 2 rings (SSSR count). The van der Waals surface area contributed by atoms with E-state index in [1.807, 2.05) is 0 Å². The number of sulfonamides is 1. The molecule has 0 aliphatic heterocycles. The summed E-state index contributed by atoms with van der Waals surface area (Å²) < 4.78 is 31.6. The average Bonchev–Trinajstić information content (AvgIpc) is 2.84. The second kappa shape index (κ2) is 6.12. The highest BCUT2D eigenvalue weighted by molar-refractivity contribution is 7.89. The van der Waals surface area contributed by atoms with Crippen molar-refractivity contribution in [2.75, 3.05) is 6.54 Å². The predicted octanol–water partition coefficient (Wildman–Crippen LogP) is 0.391. The lowest BCUT2D eigenvalue weighted by atomic mass is 10.2. The minimum Gasteiger partial charge on any atom is -0.392 e. The minimum absolute atomic E-state index is 0.0733. The maximum absolute atomic E-state index is 12.1. The largest absolute Gasteiger partial charge is 0.392 e. The Morgan fingerprint density at radius 3 is 2.75 bits per heavy atom. The van der Waals surface area contributed by atoms with Crippen molar-refractivity contribution >= 4 is 10.0 Å². The van der Waals surface area contributed by atoms with Gasteiger partial charge in [-0.1, -0.05) is 23.4 Å². The number of nitrogens with zero attached hydrogens (tertiary/aromatic N) is 2. The van der Waals surface area contributed by atoms with E-state index in [9.17, 15) is 8.42 Å². The molecule has 0 spiro atoms. The zero-order chi connectivity index (χ0) is 14.6. The summed E-state index contributed by atoms with van der Waals surface area (Å²) in [6, 6.07) is 6.29. The van der Waals surface area contributed by atoms with Crippen molar-refractivity contribution in [3.63, 3.8) is 0 Å². The topological polar surface area (TPSA) is 105 Å². The fraction of sp³-hybridized carbons (Fsp3) is 0.333. The number of aliphatic hydroxyl groups excluding tert-OH is 1. The Hall–Kier alpha value is -1.77. The lowest BCUT2D eigenvalue weighted by Crippen LogP contribution is -2.27. The third kappa shape index (κ3) is 3.41. The Labute approximate surface area is 116 Å². The van der Waals surface area contributed by atoms with Crippen LogP contribution in [0.2, 0.25) is 0 Å². The van der Waals surface area contributed by atoms with Crippen LogP contribution in [0.15, 0.2) is 33.7 Å². The first-order valence-corrected chi connectivity index (χ1v) is 7.49. The zero-order valence-electron chi connectivity index (χ0n) is 10.9. The van der Waals surface area contributed by atoms with E-state index < -0.39 is 10.0 Å². The lowest BCUT2D eigenvalue weighted by molar-refractivity contribution is 0.278. The molecule has 2 N–H and O–H groups in total. The van der Waals surface area contributed by atoms with Gasteiger partial charge in [0.15, 0.2) is 5.82 Å². The van der Waals surface area contributed by atoms with Gasteiger partial charge in [0.05, 0.1) is 11.5 Å². The summed E-state index contributed by atoms with van der Waals surface area (Å²) >= 11 is 0. The second-order valence-corrected chi connectivity index (χ2v) is 5.88. The van der Waals surface area contributed by atoms with Crippen molar-refractivity contribution < 1.29 is 18.0 Å². The van der Waals surface area contributed by atoms with Gasteiger partial charge in [-0.2, -0.15) is 4.98 Å². The van der Waals surface area contributed by atoms with Gasteiger partial charge in [-0.3, -0.25) is 0 Å². The van der Waals surface area contributed by atoms with Gasteiger partial charge >= 0.3 is 0 Å². The van der Waals surface area contributed by atoms with E-state index in [0.29, 0.717) is 23.7 Å². The van der Waals surface area contributed by atoms with Crippen molar-refractivity contribution in [1.82, 2.24) is 14.9 Å². The number of aryl methyl sites for hydroxylation is 1. The summed E-state index contributed by atoms with van der Waals surface area (Å²) in [5.74, 6) is 0.883. The molecule has 1 aromatic carbocycles. The van der Waals surface area contributed by atoms with Crippen LogP contribution in [0.25, 0.3) is 0 Å². The average molecular weight is 297 g/mol. The van der Waals surface area contributed by atoms with Gasteiger partial charge in [0.1, 0.15) is 0 Å². The number of aromatic nitrogens is 2. The van der Waals surface area contributed by atoms with E-state index in [4.69, 9.17) is 9.63 Å². The van der Waals surface area contributed by atoms with E-state index in [0.717, 1.165) is 0 Å². The molecule has 8 heteroatoms.